The van der Waals surface area contributed by atoms with Gasteiger partial charge >= 0.3 is 0 Å². The molecule has 0 saturated carbocycles. The third-order valence-electron chi connectivity index (χ3n) is 5.32. The molecule has 0 aliphatic carbocycles. The van der Waals surface area contributed by atoms with Gasteiger partial charge in [0.2, 0.25) is 5.91 Å². The Hall–Kier alpha value is -3.94. The van der Waals surface area contributed by atoms with Crippen LogP contribution in [0.1, 0.15) is 36.6 Å². The van der Waals surface area contributed by atoms with Crippen molar-refractivity contribution < 1.29 is 4.79 Å². The summed E-state index contributed by atoms with van der Waals surface area (Å²) in [4.78, 5) is 32.3. The molecule has 1 aromatic carbocycles. The minimum absolute atomic E-state index is 0.0194. The number of amides is 1. The van der Waals surface area contributed by atoms with Crippen LogP contribution in [0.4, 0.5) is 5.82 Å². The Labute approximate surface area is 179 Å². The standard InChI is InChI=1S/C23H21N7O/c1-15(2)21-19(12-24-14-26-21)22-25-11-17-10-20(31)29(23(17)28-22)13-16-4-6-18(7-5-16)30-9-3-8-27-30/h3-9,11-12,14-15H,10,13H2,1-2H3. The number of carbonyl (C=O) groups is 1. The Morgan fingerprint density at radius 2 is 1.94 bits per heavy atom. The molecule has 1 aliphatic heterocycles. The lowest BCUT2D eigenvalue weighted by molar-refractivity contribution is -0.117. The molecule has 8 nitrogen and oxygen atoms in total. The smallest absolute Gasteiger partial charge is 0.233 e. The van der Waals surface area contributed by atoms with E-state index in [0.29, 0.717) is 24.6 Å². The summed E-state index contributed by atoms with van der Waals surface area (Å²) >= 11 is 0. The molecule has 0 atom stereocenters. The van der Waals surface area contributed by atoms with Crippen LogP contribution in [-0.4, -0.2) is 35.6 Å². The van der Waals surface area contributed by atoms with Gasteiger partial charge in [0, 0.05) is 30.4 Å². The highest BCUT2D eigenvalue weighted by Crippen LogP contribution is 2.31. The third kappa shape index (κ3) is 3.56. The second kappa shape index (κ2) is 7.71. The fraction of sp³-hybridized carbons (Fsp3) is 0.217. The minimum Gasteiger partial charge on any atom is -0.292 e. The first-order chi connectivity index (χ1) is 15.1. The minimum atomic E-state index is 0.0194. The maximum absolute atomic E-state index is 12.7. The van der Waals surface area contributed by atoms with Gasteiger partial charge in [-0.1, -0.05) is 26.0 Å². The zero-order chi connectivity index (χ0) is 21.4. The molecule has 0 bridgehead atoms. The van der Waals surface area contributed by atoms with E-state index in [1.807, 2.05) is 36.5 Å². The van der Waals surface area contributed by atoms with Crippen LogP contribution in [0, 0.1) is 0 Å². The first-order valence-corrected chi connectivity index (χ1v) is 10.2. The molecule has 154 valence electrons. The summed E-state index contributed by atoms with van der Waals surface area (Å²) < 4.78 is 1.80. The second-order valence-electron chi connectivity index (χ2n) is 7.79. The molecule has 0 fully saturated rings. The highest BCUT2D eigenvalue weighted by Gasteiger charge is 2.30. The molecule has 0 spiro atoms. The quantitative estimate of drug-likeness (QED) is 0.500. The van der Waals surface area contributed by atoms with E-state index in [1.165, 1.54) is 6.33 Å². The van der Waals surface area contributed by atoms with Crippen molar-refractivity contribution in [3.05, 3.63) is 78.3 Å². The Kier molecular flexibility index (Phi) is 4.74. The number of fused-ring (bicyclic) bond motifs is 1. The molecule has 0 N–H and O–H groups in total. The zero-order valence-electron chi connectivity index (χ0n) is 17.3. The van der Waals surface area contributed by atoms with Crippen molar-refractivity contribution in [1.82, 2.24) is 29.7 Å². The van der Waals surface area contributed by atoms with Crippen LogP contribution < -0.4 is 4.90 Å². The molecule has 3 aromatic heterocycles. The van der Waals surface area contributed by atoms with Gasteiger partial charge < -0.3 is 0 Å². The molecule has 8 heteroatoms. The van der Waals surface area contributed by atoms with Crippen LogP contribution in [0.25, 0.3) is 17.1 Å². The normalized spacial score (nSPS) is 13.1. The molecule has 31 heavy (non-hydrogen) atoms. The van der Waals surface area contributed by atoms with Gasteiger partial charge in [0.05, 0.1) is 29.9 Å². The Balaban J connectivity index is 1.45. The molecule has 0 saturated heterocycles. The average molecular weight is 411 g/mol. The highest BCUT2D eigenvalue weighted by molar-refractivity contribution is 6.00. The van der Waals surface area contributed by atoms with E-state index in [9.17, 15) is 4.79 Å². The van der Waals surface area contributed by atoms with Gasteiger partial charge in [-0.15, -0.1) is 0 Å². The molecule has 1 aliphatic rings. The van der Waals surface area contributed by atoms with Gasteiger partial charge in [0.1, 0.15) is 12.1 Å². The summed E-state index contributed by atoms with van der Waals surface area (Å²) in [6, 6.07) is 9.88. The molecule has 0 radical (unpaired) electrons. The third-order valence-corrected chi connectivity index (χ3v) is 5.32. The van der Waals surface area contributed by atoms with Crippen LogP contribution in [0.5, 0.6) is 0 Å². The van der Waals surface area contributed by atoms with E-state index in [2.05, 4.69) is 33.9 Å². The van der Waals surface area contributed by atoms with Crippen LogP contribution in [0.2, 0.25) is 0 Å². The molecular formula is C23H21N7O. The summed E-state index contributed by atoms with van der Waals surface area (Å²) in [6.45, 7) is 4.59. The van der Waals surface area contributed by atoms with Crippen molar-refractivity contribution >= 4 is 11.7 Å². The lowest BCUT2D eigenvalue weighted by atomic mass is 10.0. The van der Waals surface area contributed by atoms with Gasteiger partial charge in [0.15, 0.2) is 5.82 Å². The van der Waals surface area contributed by atoms with Gasteiger partial charge in [-0.25, -0.2) is 24.6 Å². The fourth-order valence-corrected chi connectivity index (χ4v) is 3.76. The summed E-state index contributed by atoms with van der Waals surface area (Å²) in [5, 5.41) is 4.24. The Morgan fingerprint density at radius 1 is 1.10 bits per heavy atom. The lowest BCUT2D eigenvalue weighted by Crippen LogP contribution is -2.26. The highest BCUT2D eigenvalue weighted by atomic mass is 16.2. The maximum Gasteiger partial charge on any atom is 0.233 e. The van der Waals surface area contributed by atoms with Gasteiger partial charge in [0.25, 0.3) is 0 Å². The van der Waals surface area contributed by atoms with E-state index in [0.717, 1.165) is 28.1 Å². The number of hydrogen-bond donors (Lipinski definition) is 0. The van der Waals surface area contributed by atoms with E-state index in [1.54, 1.807) is 28.2 Å². The summed E-state index contributed by atoms with van der Waals surface area (Å²) in [5.74, 6) is 1.42. The average Bonchev–Trinajstić information content (AvgIpc) is 3.43. The molecule has 4 aromatic rings. The van der Waals surface area contributed by atoms with Gasteiger partial charge in [-0.3, -0.25) is 9.69 Å². The zero-order valence-corrected chi connectivity index (χ0v) is 17.3. The topological polar surface area (TPSA) is 89.7 Å². The summed E-state index contributed by atoms with van der Waals surface area (Å²) in [5.41, 5.74) is 4.51. The van der Waals surface area contributed by atoms with Gasteiger partial charge in [-0.2, -0.15) is 5.10 Å². The first-order valence-electron chi connectivity index (χ1n) is 10.2. The second-order valence-corrected chi connectivity index (χ2v) is 7.79. The SMILES string of the molecule is CC(C)c1ncncc1-c1ncc2c(n1)N(Cc1ccc(-n3cccn3)cc1)C(=O)C2. The monoisotopic (exact) mass is 411 g/mol. The van der Waals surface area contributed by atoms with E-state index in [-0.39, 0.29) is 11.8 Å². The van der Waals surface area contributed by atoms with Crippen molar-refractivity contribution in [2.75, 3.05) is 4.90 Å². The largest absolute Gasteiger partial charge is 0.292 e. The molecule has 4 heterocycles. The van der Waals surface area contributed by atoms with E-state index in [4.69, 9.17) is 4.98 Å². The fourth-order valence-electron chi connectivity index (χ4n) is 3.76. The van der Waals surface area contributed by atoms with Crippen molar-refractivity contribution in [3.8, 4) is 17.1 Å². The predicted octanol–water partition coefficient (Wildman–Crippen LogP) is 3.33. The van der Waals surface area contributed by atoms with Crippen LogP contribution in [0.15, 0.2) is 61.4 Å². The molecule has 1 amide bonds. The predicted molar refractivity (Wildman–Crippen MR) is 116 cm³/mol. The number of aromatic nitrogens is 6. The summed E-state index contributed by atoms with van der Waals surface area (Å²) in [7, 11) is 0. The molecule has 5 rings (SSSR count). The lowest BCUT2D eigenvalue weighted by Gasteiger charge is -2.18. The number of benzene rings is 1. The summed E-state index contributed by atoms with van der Waals surface area (Å²) in [6.07, 6.45) is 8.96. The van der Waals surface area contributed by atoms with E-state index < -0.39 is 0 Å². The van der Waals surface area contributed by atoms with Crippen LogP contribution >= 0.6 is 0 Å². The Morgan fingerprint density at radius 3 is 2.68 bits per heavy atom. The van der Waals surface area contributed by atoms with Gasteiger partial charge in [-0.05, 0) is 29.7 Å². The molecular weight excluding hydrogens is 390 g/mol. The van der Waals surface area contributed by atoms with Crippen molar-refractivity contribution in [2.45, 2.75) is 32.7 Å². The number of carbonyl (C=O) groups excluding carboxylic acids is 1. The number of hydrogen-bond acceptors (Lipinski definition) is 6. The molecule has 0 unspecified atom stereocenters. The van der Waals surface area contributed by atoms with E-state index >= 15 is 0 Å². The first kappa shape index (κ1) is 19.0. The van der Waals surface area contributed by atoms with Crippen LogP contribution in [0.3, 0.4) is 0 Å². The van der Waals surface area contributed by atoms with Crippen molar-refractivity contribution in [3.63, 3.8) is 0 Å². The van der Waals surface area contributed by atoms with Crippen molar-refractivity contribution in [1.29, 1.82) is 0 Å². The Bertz CT molecular complexity index is 1230. The number of rotatable bonds is 5. The van der Waals surface area contributed by atoms with Crippen LogP contribution in [-0.2, 0) is 17.8 Å². The number of nitrogens with zero attached hydrogens (tertiary/aromatic N) is 7. The maximum atomic E-state index is 12.7. The number of anilines is 1. The van der Waals surface area contributed by atoms with Crippen molar-refractivity contribution in [2.24, 2.45) is 0 Å².